The molecule has 0 bridgehead atoms. The molecular weight excluding hydrogens is 560 g/mol. The minimum absolute atomic E-state index is 0.0649. The zero-order valence-electron chi connectivity index (χ0n) is 22.7. The van der Waals surface area contributed by atoms with Gasteiger partial charge in [0, 0.05) is 11.7 Å². The predicted molar refractivity (Wildman–Crippen MR) is 149 cm³/mol. The average Bonchev–Trinajstić information content (AvgIpc) is 3.20. The van der Waals surface area contributed by atoms with Crippen LogP contribution in [0.15, 0.2) is 71.6 Å². The van der Waals surface area contributed by atoms with Crippen LogP contribution in [0.3, 0.4) is 0 Å². The van der Waals surface area contributed by atoms with E-state index in [1.54, 1.807) is 18.2 Å². The first-order chi connectivity index (χ1) is 19.2. The van der Waals surface area contributed by atoms with E-state index >= 15 is 0 Å². The number of hydrogen-bond donors (Lipinski definition) is 2. The van der Waals surface area contributed by atoms with Crippen molar-refractivity contribution < 1.29 is 30.7 Å². The molecule has 0 radical (unpaired) electrons. The first-order valence-corrected chi connectivity index (χ1v) is 14.6. The second-order valence-corrected chi connectivity index (χ2v) is 13.0. The number of nitrogens with zero attached hydrogens (tertiary/aromatic N) is 2. The van der Waals surface area contributed by atoms with Crippen molar-refractivity contribution in [1.29, 1.82) is 0 Å². The molecule has 3 aromatic carbocycles. The van der Waals surface area contributed by atoms with E-state index in [1.165, 1.54) is 42.5 Å². The van der Waals surface area contributed by atoms with Crippen molar-refractivity contribution in [2.45, 2.75) is 57.3 Å². The highest BCUT2D eigenvalue weighted by Gasteiger charge is 2.35. The third-order valence-corrected chi connectivity index (χ3v) is 8.56. The molecule has 1 saturated carbocycles. The van der Waals surface area contributed by atoms with E-state index in [0.29, 0.717) is 23.1 Å². The Balaban J connectivity index is 1.52. The zero-order valence-corrected chi connectivity index (χ0v) is 23.5. The number of nitrogens with one attached hydrogen (secondary N) is 2. The van der Waals surface area contributed by atoms with Gasteiger partial charge < -0.3 is 14.6 Å². The van der Waals surface area contributed by atoms with Crippen molar-refractivity contribution in [2.24, 2.45) is 11.3 Å². The first-order valence-electron chi connectivity index (χ1n) is 13.1. The molecule has 0 aliphatic heterocycles. The summed E-state index contributed by atoms with van der Waals surface area (Å²) < 4.78 is 86.2. The molecule has 218 valence electrons. The Hall–Kier alpha value is -3.80. The van der Waals surface area contributed by atoms with Crippen molar-refractivity contribution in [3.63, 3.8) is 0 Å². The first kappa shape index (κ1) is 28.7. The number of imidazole rings is 1. The van der Waals surface area contributed by atoms with Crippen LogP contribution in [-0.4, -0.2) is 24.3 Å². The summed E-state index contributed by atoms with van der Waals surface area (Å²) in [4.78, 5) is 4.28. The highest BCUT2D eigenvalue weighted by atomic mass is 32.2. The Morgan fingerprint density at radius 2 is 1.68 bits per heavy atom. The standard InChI is InChI=1S/C29H30F4N4O3S/c1-18-14-21(17-28(2,3)16-18)37-25-13-10-20(36-41(38,39)26-7-5-4-6-23(26)30)15-24(25)35-27(37)34-19-8-11-22(12-9-19)40-29(31,32)33/h4-13,15,18,21,36H,14,16-17H2,1-3H3,(H,34,35)/t18-,21+/m1/s1. The Morgan fingerprint density at radius 1 is 1.00 bits per heavy atom. The number of sulfonamides is 1. The number of hydrogen-bond acceptors (Lipinski definition) is 5. The van der Waals surface area contributed by atoms with Crippen molar-refractivity contribution in [3.05, 3.63) is 72.5 Å². The summed E-state index contributed by atoms with van der Waals surface area (Å²) in [5.41, 5.74) is 2.03. The van der Waals surface area contributed by atoms with Gasteiger partial charge in [0.25, 0.3) is 10.0 Å². The molecule has 0 unspecified atom stereocenters. The minimum Gasteiger partial charge on any atom is -0.406 e. The molecule has 2 N–H and O–H groups in total. The largest absolute Gasteiger partial charge is 0.573 e. The molecule has 1 heterocycles. The van der Waals surface area contributed by atoms with E-state index in [0.717, 1.165) is 30.8 Å². The number of fused-ring (bicyclic) bond motifs is 1. The van der Waals surface area contributed by atoms with E-state index in [2.05, 4.69) is 40.1 Å². The van der Waals surface area contributed by atoms with Crippen molar-refractivity contribution in [2.75, 3.05) is 10.0 Å². The quantitative estimate of drug-likeness (QED) is 0.213. The van der Waals surface area contributed by atoms with Crippen LogP contribution in [-0.2, 0) is 10.0 Å². The van der Waals surface area contributed by atoms with Gasteiger partial charge in [-0.3, -0.25) is 4.72 Å². The van der Waals surface area contributed by atoms with Gasteiger partial charge in [-0.05, 0) is 85.2 Å². The van der Waals surface area contributed by atoms with Gasteiger partial charge in [-0.25, -0.2) is 17.8 Å². The van der Waals surface area contributed by atoms with Gasteiger partial charge in [0.05, 0.1) is 16.7 Å². The van der Waals surface area contributed by atoms with Crippen LogP contribution >= 0.6 is 0 Å². The molecule has 0 saturated heterocycles. The van der Waals surface area contributed by atoms with Crippen LogP contribution in [0.2, 0.25) is 0 Å². The fourth-order valence-electron chi connectivity index (χ4n) is 5.85. The molecule has 1 aromatic heterocycles. The van der Waals surface area contributed by atoms with Crippen molar-refractivity contribution >= 4 is 38.4 Å². The van der Waals surface area contributed by atoms with Crippen LogP contribution in [0, 0.1) is 17.2 Å². The fourth-order valence-corrected chi connectivity index (χ4v) is 6.98. The Labute approximate surface area is 235 Å². The maximum atomic E-state index is 14.2. The molecule has 1 fully saturated rings. The molecule has 7 nitrogen and oxygen atoms in total. The number of aromatic nitrogens is 2. The third kappa shape index (κ3) is 6.58. The molecule has 1 aliphatic rings. The van der Waals surface area contributed by atoms with Gasteiger partial charge in [0.2, 0.25) is 5.95 Å². The van der Waals surface area contributed by atoms with Gasteiger partial charge in [0.15, 0.2) is 0 Å². The van der Waals surface area contributed by atoms with Crippen LogP contribution in [0.1, 0.15) is 46.1 Å². The summed E-state index contributed by atoms with van der Waals surface area (Å²) in [6, 6.07) is 15.5. The lowest BCUT2D eigenvalue weighted by Crippen LogP contribution is -2.29. The maximum absolute atomic E-state index is 14.2. The molecule has 0 amide bonds. The fraction of sp³-hybridized carbons (Fsp3) is 0.345. The predicted octanol–water partition coefficient (Wildman–Crippen LogP) is 8.01. The van der Waals surface area contributed by atoms with Gasteiger partial charge >= 0.3 is 6.36 Å². The summed E-state index contributed by atoms with van der Waals surface area (Å²) in [5.74, 6) is -0.295. The molecule has 12 heteroatoms. The molecule has 4 aromatic rings. The van der Waals surface area contributed by atoms with Crippen LogP contribution in [0.4, 0.5) is 34.9 Å². The zero-order chi connectivity index (χ0) is 29.6. The number of benzene rings is 3. The van der Waals surface area contributed by atoms with Gasteiger partial charge in [-0.1, -0.05) is 32.9 Å². The molecule has 5 rings (SSSR count). The second-order valence-electron chi connectivity index (χ2n) is 11.3. The summed E-state index contributed by atoms with van der Waals surface area (Å²) in [6.45, 7) is 6.64. The van der Waals surface area contributed by atoms with Crippen LogP contribution < -0.4 is 14.8 Å². The molecule has 2 atom stereocenters. The number of rotatable bonds is 7. The SMILES string of the molecule is C[C@@H]1C[C@H](n2c(Nc3ccc(OC(F)(F)F)cc3)nc3cc(NS(=O)(=O)c4ccccc4F)ccc32)CC(C)(C)C1. The highest BCUT2D eigenvalue weighted by Crippen LogP contribution is 2.46. The van der Waals surface area contributed by atoms with E-state index in [1.807, 2.05) is 0 Å². The highest BCUT2D eigenvalue weighted by molar-refractivity contribution is 7.92. The minimum atomic E-state index is -4.79. The van der Waals surface area contributed by atoms with Crippen LogP contribution in [0.25, 0.3) is 11.0 Å². The third-order valence-electron chi connectivity index (χ3n) is 7.14. The summed E-state index contributed by atoms with van der Waals surface area (Å²) >= 11 is 0. The number of halogens is 4. The molecule has 41 heavy (non-hydrogen) atoms. The van der Waals surface area contributed by atoms with E-state index in [-0.39, 0.29) is 22.9 Å². The topological polar surface area (TPSA) is 85.2 Å². The lowest BCUT2D eigenvalue weighted by molar-refractivity contribution is -0.274. The maximum Gasteiger partial charge on any atom is 0.573 e. The summed E-state index contributed by atoms with van der Waals surface area (Å²) in [6.07, 6.45) is -1.96. The lowest BCUT2D eigenvalue weighted by atomic mass is 9.70. The molecular formula is C29H30F4N4O3S. The van der Waals surface area contributed by atoms with Crippen molar-refractivity contribution in [3.8, 4) is 5.75 Å². The van der Waals surface area contributed by atoms with Crippen LogP contribution in [0.5, 0.6) is 5.75 Å². The van der Waals surface area contributed by atoms with Gasteiger partial charge in [0.1, 0.15) is 16.5 Å². The van der Waals surface area contributed by atoms with E-state index < -0.39 is 27.1 Å². The molecule has 0 spiro atoms. The summed E-state index contributed by atoms with van der Waals surface area (Å²) in [7, 11) is -4.19. The van der Waals surface area contributed by atoms with Crippen molar-refractivity contribution in [1.82, 2.24) is 9.55 Å². The Kier molecular flexibility index (Phi) is 7.39. The lowest BCUT2D eigenvalue weighted by Gasteiger charge is -2.40. The van der Waals surface area contributed by atoms with Gasteiger partial charge in [-0.2, -0.15) is 0 Å². The second kappa shape index (κ2) is 10.6. The number of alkyl halides is 3. The average molecular weight is 591 g/mol. The normalized spacial score (nSPS) is 19.2. The van der Waals surface area contributed by atoms with Gasteiger partial charge in [-0.15, -0.1) is 13.2 Å². The monoisotopic (exact) mass is 590 g/mol. The smallest absolute Gasteiger partial charge is 0.406 e. The van der Waals surface area contributed by atoms with E-state index in [4.69, 9.17) is 4.98 Å². The number of anilines is 3. The Bertz CT molecular complexity index is 1670. The van der Waals surface area contributed by atoms with E-state index in [9.17, 15) is 26.0 Å². The number of ether oxygens (including phenoxy) is 1. The Morgan fingerprint density at radius 3 is 2.34 bits per heavy atom. The molecule has 1 aliphatic carbocycles. The summed E-state index contributed by atoms with van der Waals surface area (Å²) in [5, 5.41) is 3.22.